The first-order chi connectivity index (χ1) is 10.2. The molecule has 0 N–H and O–H groups in total. The molecule has 1 nitrogen and oxygen atoms in total. The van der Waals surface area contributed by atoms with Gasteiger partial charge in [0, 0.05) is 6.42 Å². The molecule has 0 aliphatic heterocycles. The zero-order chi connectivity index (χ0) is 16.4. The normalized spacial score (nSPS) is 15.9. The first-order valence-electron chi connectivity index (χ1n) is 8.02. The monoisotopic (exact) mass is 296 g/mol. The van der Waals surface area contributed by atoms with Gasteiger partial charge >= 0.3 is 0 Å². The summed E-state index contributed by atoms with van der Waals surface area (Å²) in [5.41, 5.74) is 2.99. The fraction of sp³-hybridized carbons (Fsp3) is 0.429. The van der Waals surface area contributed by atoms with Crippen LogP contribution in [0.25, 0.3) is 0 Å². The van der Waals surface area contributed by atoms with Gasteiger partial charge in [-0.3, -0.25) is 0 Å². The fourth-order valence-corrected chi connectivity index (χ4v) is 2.36. The number of rotatable bonds is 2. The van der Waals surface area contributed by atoms with Crippen molar-refractivity contribution in [3.05, 3.63) is 65.5 Å². The van der Waals surface area contributed by atoms with Gasteiger partial charge in [0.15, 0.2) is 0 Å². The lowest BCUT2D eigenvalue weighted by Crippen LogP contribution is -2.10. The number of hydrogen-bond acceptors (Lipinski definition) is 1. The standard InChI is InChI=1S/C21H28O/c1-20(2,3)16-8-7-9-18(13-10-16)22-19-14-11-17(12-15-19)21(4,5)6/h7-8,10-15H,9H2,1-6H3. The Balaban J connectivity index is 2.13. The molecule has 22 heavy (non-hydrogen) atoms. The Hall–Kier alpha value is -1.76. The Morgan fingerprint density at radius 1 is 0.818 bits per heavy atom. The molecule has 1 heteroatoms. The zero-order valence-corrected chi connectivity index (χ0v) is 14.7. The third kappa shape index (κ3) is 4.37. The van der Waals surface area contributed by atoms with Crippen molar-refractivity contribution in [2.45, 2.75) is 53.4 Å². The molecule has 0 atom stereocenters. The van der Waals surface area contributed by atoms with E-state index in [1.807, 2.05) is 0 Å². The average molecular weight is 296 g/mol. The summed E-state index contributed by atoms with van der Waals surface area (Å²) < 4.78 is 6.03. The largest absolute Gasteiger partial charge is 0.461 e. The van der Waals surface area contributed by atoms with Gasteiger partial charge in [-0.05, 0) is 40.2 Å². The quantitative estimate of drug-likeness (QED) is 0.633. The Labute approximate surface area is 135 Å². The van der Waals surface area contributed by atoms with Gasteiger partial charge in [-0.1, -0.05) is 71.9 Å². The second-order valence-corrected chi connectivity index (χ2v) is 7.99. The molecule has 0 amide bonds. The molecule has 0 spiro atoms. The average Bonchev–Trinajstić information content (AvgIpc) is 2.63. The smallest absolute Gasteiger partial charge is 0.126 e. The topological polar surface area (TPSA) is 9.23 Å². The highest BCUT2D eigenvalue weighted by Crippen LogP contribution is 2.29. The number of hydrogen-bond donors (Lipinski definition) is 0. The SMILES string of the molecule is CC(C)(C)C1=CC=C(Oc2ccc(C(C)(C)C)cc2)CC=C1. The van der Waals surface area contributed by atoms with Crippen LogP contribution in [0.3, 0.4) is 0 Å². The van der Waals surface area contributed by atoms with Gasteiger partial charge in [0.05, 0.1) is 0 Å². The lowest BCUT2D eigenvalue weighted by molar-refractivity contribution is 0.415. The predicted octanol–water partition coefficient (Wildman–Crippen LogP) is 6.18. The molecule has 0 saturated carbocycles. The van der Waals surface area contributed by atoms with Crippen LogP contribution in [0.1, 0.15) is 53.5 Å². The zero-order valence-electron chi connectivity index (χ0n) is 14.7. The molecule has 0 aromatic heterocycles. The van der Waals surface area contributed by atoms with Crippen LogP contribution in [-0.4, -0.2) is 0 Å². The van der Waals surface area contributed by atoms with Crippen molar-refractivity contribution in [1.29, 1.82) is 0 Å². The fourth-order valence-electron chi connectivity index (χ4n) is 2.36. The van der Waals surface area contributed by atoms with E-state index in [0.29, 0.717) is 0 Å². The van der Waals surface area contributed by atoms with Gasteiger partial charge < -0.3 is 4.74 Å². The summed E-state index contributed by atoms with van der Waals surface area (Å²) in [5, 5.41) is 0. The first kappa shape index (κ1) is 16.6. The summed E-state index contributed by atoms with van der Waals surface area (Å²) >= 11 is 0. The number of ether oxygens (including phenoxy) is 1. The molecule has 1 aliphatic rings. The second kappa shape index (κ2) is 6.16. The Morgan fingerprint density at radius 3 is 2.00 bits per heavy atom. The lowest BCUT2D eigenvalue weighted by atomic mass is 9.86. The van der Waals surface area contributed by atoms with Gasteiger partial charge in [0.25, 0.3) is 0 Å². The summed E-state index contributed by atoms with van der Waals surface area (Å²) in [6.45, 7) is 13.4. The summed E-state index contributed by atoms with van der Waals surface area (Å²) in [6.07, 6.45) is 9.48. The van der Waals surface area contributed by atoms with E-state index in [9.17, 15) is 0 Å². The maximum atomic E-state index is 6.03. The summed E-state index contributed by atoms with van der Waals surface area (Å²) in [6, 6.07) is 8.42. The molecule has 0 bridgehead atoms. The predicted molar refractivity (Wildman–Crippen MR) is 95.1 cm³/mol. The summed E-state index contributed by atoms with van der Waals surface area (Å²) in [7, 11) is 0. The van der Waals surface area contributed by atoms with Gasteiger partial charge in [-0.25, -0.2) is 0 Å². The molecular weight excluding hydrogens is 268 g/mol. The van der Waals surface area contributed by atoms with Crippen LogP contribution in [0.15, 0.2) is 59.9 Å². The van der Waals surface area contributed by atoms with Crippen LogP contribution in [0, 0.1) is 5.41 Å². The highest BCUT2D eigenvalue weighted by Gasteiger charge is 2.16. The lowest BCUT2D eigenvalue weighted by Gasteiger charge is -2.19. The molecule has 1 aromatic carbocycles. The second-order valence-electron chi connectivity index (χ2n) is 7.99. The third-order valence-electron chi connectivity index (χ3n) is 3.90. The third-order valence-corrected chi connectivity index (χ3v) is 3.90. The van der Waals surface area contributed by atoms with E-state index >= 15 is 0 Å². The minimum absolute atomic E-state index is 0.163. The molecule has 118 valence electrons. The van der Waals surface area contributed by atoms with E-state index in [0.717, 1.165) is 17.9 Å². The molecule has 2 rings (SSSR count). The van der Waals surface area contributed by atoms with Crippen LogP contribution in [-0.2, 0) is 5.41 Å². The molecule has 0 unspecified atom stereocenters. The molecular formula is C21H28O. The van der Waals surface area contributed by atoms with Crippen molar-refractivity contribution in [2.75, 3.05) is 0 Å². The van der Waals surface area contributed by atoms with Crippen molar-refractivity contribution < 1.29 is 4.74 Å². The van der Waals surface area contributed by atoms with Crippen LogP contribution in [0.4, 0.5) is 0 Å². The Morgan fingerprint density at radius 2 is 1.45 bits per heavy atom. The van der Waals surface area contributed by atoms with E-state index in [1.165, 1.54) is 11.1 Å². The first-order valence-corrected chi connectivity index (χ1v) is 8.02. The molecule has 1 aliphatic carbocycles. The van der Waals surface area contributed by atoms with E-state index in [4.69, 9.17) is 4.74 Å². The van der Waals surface area contributed by atoms with Gasteiger partial charge in [0.1, 0.15) is 11.5 Å². The maximum Gasteiger partial charge on any atom is 0.126 e. The maximum absolute atomic E-state index is 6.03. The van der Waals surface area contributed by atoms with Crippen molar-refractivity contribution in [2.24, 2.45) is 5.41 Å². The van der Waals surface area contributed by atoms with Gasteiger partial charge in [0.2, 0.25) is 0 Å². The summed E-state index contributed by atoms with van der Waals surface area (Å²) in [4.78, 5) is 0. The van der Waals surface area contributed by atoms with Gasteiger partial charge in [-0.2, -0.15) is 0 Å². The number of benzene rings is 1. The Kier molecular flexibility index (Phi) is 4.65. The Bertz CT molecular complexity index is 599. The van der Waals surface area contributed by atoms with Crippen LogP contribution >= 0.6 is 0 Å². The van der Waals surface area contributed by atoms with Crippen LogP contribution < -0.4 is 4.74 Å². The van der Waals surface area contributed by atoms with Crippen LogP contribution in [0.2, 0.25) is 0 Å². The van der Waals surface area contributed by atoms with E-state index in [1.54, 1.807) is 0 Å². The minimum atomic E-state index is 0.163. The van der Waals surface area contributed by atoms with Crippen molar-refractivity contribution in [3.63, 3.8) is 0 Å². The number of allylic oxidation sites excluding steroid dienone is 5. The van der Waals surface area contributed by atoms with E-state index < -0.39 is 0 Å². The molecule has 0 radical (unpaired) electrons. The highest BCUT2D eigenvalue weighted by atomic mass is 16.5. The van der Waals surface area contributed by atoms with Crippen molar-refractivity contribution in [3.8, 4) is 5.75 Å². The highest BCUT2D eigenvalue weighted by molar-refractivity contribution is 5.36. The van der Waals surface area contributed by atoms with Crippen LogP contribution in [0.5, 0.6) is 5.75 Å². The molecule has 0 heterocycles. The van der Waals surface area contributed by atoms with Gasteiger partial charge in [-0.15, -0.1) is 0 Å². The molecule has 1 aromatic rings. The van der Waals surface area contributed by atoms with Crippen molar-refractivity contribution in [1.82, 2.24) is 0 Å². The summed E-state index contributed by atoms with van der Waals surface area (Å²) in [5.74, 6) is 1.89. The van der Waals surface area contributed by atoms with E-state index in [2.05, 4.69) is 90.1 Å². The van der Waals surface area contributed by atoms with E-state index in [-0.39, 0.29) is 10.8 Å². The molecule has 0 fully saturated rings. The molecule has 0 saturated heterocycles. The van der Waals surface area contributed by atoms with Crippen molar-refractivity contribution >= 4 is 0 Å². The minimum Gasteiger partial charge on any atom is -0.461 e.